The first-order chi connectivity index (χ1) is 11.3. The highest BCUT2D eigenvalue weighted by Crippen LogP contribution is 2.21. The van der Waals surface area contributed by atoms with E-state index in [-0.39, 0.29) is 30.6 Å². The minimum absolute atomic E-state index is 0. The number of amides is 1. The van der Waals surface area contributed by atoms with Crippen LogP contribution >= 0.6 is 12.4 Å². The molecule has 25 heavy (non-hydrogen) atoms. The van der Waals surface area contributed by atoms with Gasteiger partial charge in [-0.2, -0.15) is 0 Å². The third-order valence-corrected chi connectivity index (χ3v) is 4.49. The molecule has 1 fully saturated rings. The Labute approximate surface area is 153 Å². The number of carboxylic acid groups (broad SMARTS) is 1. The van der Waals surface area contributed by atoms with Crippen LogP contribution in [-0.4, -0.2) is 60.1 Å². The number of carbonyl (C=O) groups is 2. The maximum absolute atomic E-state index is 13.7. The number of benzene rings is 1. The van der Waals surface area contributed by atoms with Gasteiger partial charge in [-0.1, -0.05) is 6.07 Å². The van der Waals surface area contributed by atoms with E-state index in [1.54, 1.807) is 20.0 Å². The lowest BCUT2D eigenvalue weighted by Crippen LogP contribution is -2.44. The molecule has 1 saturated heterocycles. The van der Waals surface area contributed by atoms with Crippen molar-refractivity contribution in [2.24, 2.45) is 5.92 Å². The average molecular weight is 375 g/mol. The van der Waals surface area contributed by atoms with Crippen LogP contribution in [0.1, 0.15) is 18.9 Å². The summed E-state index contributed by atoms with van der Waals surface area (Å²) in [5, 5.41) is 9.06. The van der Waals surface area contributed by atoms with Crippen LogP contribution in [0.2, 0.25) is 0 Å². The van der Waals surface area contributed by atoms with Crippen LogP contribution in [0, 0.1) is 11.7 Å². The maximum Gasteiger partial charge on any atom is 0.307 e. The molecule has 0 aliphatic carbocycles. The van der Waals surface area contributed by atoms with E-state index in [9.17, 15) is 14.0 Å². The Hall–Kier alpha value is -1.86. The van der Waals surface area contributed by atoms with Crippen LogP contribution in [-0.2, 0) is 16.1 Å². The molecule has 140 valence electrons. The number of likely N-dealkylation sites (tertiary alicyclic amines) is 1. The summed E-state index contributed by atoms with van der Waals surface area (Å²) in [6, 6.07) is 4.20. The van der Waals surface area contributed by atoms with Crippen molar-refractivity contribution in [2.45, 2.75) is 25.9 Å². The summed E-state index contributed by atoms with van der Waals surface area (Å²) in [7, 11) is 3.06. The first-order valence-electron chi connectivity index (χ1n) is 7.87. The fraction of sp³-hybridized carbons (Fsp3) is 0.529. The molecule has 2 atom stereocenters. The molecule has 1 aliphatic heterocycles. The quantitative estimate of drug-likeness (QED) is 0.824. The van der Waals surface area contributed by atoms with E-state index in [0.29, 0.717) is 25.1 Å². The van der Waals surface area contributed by atoms with Crippen molar-refractivity contribution in [1.82, 2.24) is 9.80 Å². The minimum Gasteiger partial charge on any atom is -0.494 e. The predicted octanol–water partition coefficient (Wildman–Crippen LogP) is 2.01. The topological polar surface area (TPSA) is 70.1 Å². The number of hydrogen-bond donors (Lipinski definition) is 1. The Morgan fingerprint density at radius 3 is 2.68 bits per heavy atom. The summed E-state index contributed by atoms with van der Waals surface area (Å²) in [5.74, 6) is -1.65. The average Bonchev–Trinajstić information content (AvgIpc) is 3.03. The van der Waals surface area contributed by atoms with Crippen molar-refractivity contribution in [3.05, 3.63) is 29.6 Å². The molecule has 1 N–H and O–H groups in total. The number of hydrogen-bond acceptors (Lipinski definition) is 4. The van der Waals surface area contributed by atoms with Gasteiger partial charge in [-0.25, -0.2) is 4.39 Å². The fourth-order valence-corrected chi connectivity index (χ4v) is 2.98. The van der Waals surface area contributed by atoms with Crippen LogP contribution in [0.3, 0.4) is 0 Å². The number of aliphatic carboxylic acids is 1. The molecular weight excluding hydrogens is 351 g/mol. The molecule has 2 unspecified atom stereocenters. The maximum atomic E-state index is 13.7. The van der Waals surface area contributed by atoms with E-state index >= 15 is 0 Å². The zero-order chi connectivity index (χ0) is 17.9. The SMILES string of the molecule is COc1ccc(CN(C)C(=O)C(C)N2CCC(C(=O)O)C2)cc1F.Cl. The van der Waals surface area contributed by atoms with E-state index in [4.69, 9.17) is 9.84 Å². The van der Waals surface area contributed by atoms with E-state index in [0.717, 1.165) is 0 Å². The molecule has 1 heterocycles. The number of nitrogens with zero attached hydrogens (tertiary/aromatic N) is 2. The van der Waals surface area contributed by atoms with Gasteiger partial charge < -0.3 is 14.7 Å². The van der Waals surface area contributed by atoms with Crippen molar-refractivity contribution in [1.29, 1.82) is 0 Å². The van der Waals surface area contributed by atoms with Crippen LogP contribution < -0.4 is 4.74 Å². The lowest BCUT2D eigenvalue weighted by atomic mass is 10.1. The number of rotatable bonds is 6. The third-order valence-electron chi connectivity index (χ3n) is 4.49. The number of methoxy groups -OCH3 is 1. The van der Waals surface area contributed by atoms with Crippen molar-refractivity contribution >= 4 is 24.3 Å². The van der Waals surface area contributed by atoms with Gasteiger partial charge in [0.15, 0.2) is 11.6 Å². The normalized spacial score (nSPS) is 18.3. The number of likely N-dealkylation sites (N-methyl/N-ethyl adjacent to an activating group) is 1. The summed E-state index contributed by atoms with van der Waals surface area (Å²) in [6.45, 7) is 3.03. The van der Waals surface area contributed by atoms with Crippen LogP contribution in [0.5, 0.6) is 5.75 Å². The first kappa shape index (κ1) is 21.2. The summed E-state index contributed by atoms with van der Waals surface area (Å²) < 4.78 is 18.6. The van der Waals surface area contributed by atoms with Gasteiger partial charge in [-0.05, 0) is 37.6 Å². The summed E-state index contributed by atoms with van der Waals surface area (Å²) in [4.78, 5) is 27.0. The molecule has 0 saturated carbocycles. The van der Waals surface area contributed by atoms with Gasteiger partial charge in [-0.3, -0.25) is 14.5 Å². The largest absolute Gasteiger partial charge is 0.494 e. The highest BCUT2D eigenvalue weighted by atomic mass is 35.5. The standard InChI is InChI=1S/C17H23FN2O4.ClH/c1-11(20-7-6-13(10-20)17(22)23)16(21)19(2)9-12-4-5-15(24-3)14(18)8-12;/h4-5,8,11,13H,6-7,9-10H2,1-3H3,(H,22,23);1H. The fourth-order valence-electron chi connectivity index (χ4n) is 2.98. The van der Waals surface area contributed by atoms with Crippen LogP contribution in [0.4, 0.5) is 4.39 Å². The zero-order valence-electron chi connectivity index (χ0n) is 14.6. The lowest BCUT2D eigenvalue weighted by Gasteiger charge is -2.28. The predicted molar refractivity (Wildman–Crippen MR) is 93.5 cm³/mol. The molecule has 1 aromatic carbocycles. The Balaban J connectivity index is 0.00000312. The smallest absolute Gasteiger partial charge is 0.307 e. The monoisotopic (exact) mass is 374 g/mol. The molecule has 1 aromatic rings. The second-order valence-electron chi connectivity index (χ2n) is 6.16. The van der Waals surface area contributed by atoms with Crippen molar-refractivity contribution in [3.8, 4) is 5.75 Å². The number of carboxylic acids is 1. The first-order valence-corrected chi connectivity index (χ1v) is 7.87. The van der Waals surface area contributed by atoms with Crippen molar-refractivity contribution in [3.63, 3.8) is 0 Å². The Morgan fingerprint density at radius 2 is 2.16 bits per heavy atom. The molecule has 6 nitrogen and oxygen atoms in total. The second-order valence-corrected chi connectivity index (χ2v) is 6.16. The molecule has 0 aromatic heterocycles. The van der Waals surface area contributed by atoms with Gasteiger partial charge in [0.25, 0.3) is 0 Å². The van der Waals surface area contributed by atoms with Gasteiger partial charge in [0, 0.05) is 20.1 Å². The summed E-state index contributed by atoms with van der Waals surface area (Å²) >= 11 is 0. The van der Waals surface area contributed by atoms with Gasteiger partial charge in [0.1, 0.15) is 0 Å². The van der Waals surface area contributed by atoms with Crippen LogP contribution in [0.25, 0.3) is 0 Å². The van der Waals surface area contributed by atoms with E-state index in [2.05, 4.69) is 0 Å². The highest BCUT2D eigenvalue weighted by Gasteiger charge is 2.34. The van der Waals surface area contributed by atoms with E-state index in [1.165, 1.54) is 24.1 Å². The molecule has 2 rings (SSSR count). The van der Waals surface area contributed by atoms with E-state index < -0.39 is 23.7 Å². The Bertz CT molecular complexity index is 629. The minimum atomic E-state index is -0.820. The molecule has 8 heteroatoms. The molecule has 0 radical (unpaired) electrons. The highest BCUT2D eigenvalue weighted by molar-refractivity contribution is 5.85. The molecule has 0 bridgehead atoms. The van der Waals surface area contributed by atoms with Crippen LogP contribution in [0.15, 0.2) is 18.2 Å². The summed E-state index contributed by atoms with van der Waals surface area (Å²) in [6.07, 6.45) is 0.556. The Morgan fingerprint density at radius 1 is 1.48 bits per heavy atom. The molecule has 1 aliphatic rings. The molecule has 1 amide bonds. The van der Waals surface area contributed by atoms with Gasteiger partial charge >= 0.3 is 5.97 Å². The molecule has 0 spiro atoms. The number of halogens is 2. The third kappa shape index (κ3) is 5.06. The van der Waals surface area contributed by atoms with Gasteiger partial charge in [0.05, 0.1) is 19.1 Å². The zero-order valence-corrected chi connectivity index (χ0v) is 15.4. The van der Waals surface area contributed by atoms with Gasteiger partial charge in [0.2, 0.25) is 5.91 Å². The number of ether oxygens (including phenoxy) is 1. The van der Waals surface area contributed by atoms with Crippen molar-refractivity contribution < 1.29 is 23.8 Å². The molecular formula is C17H24ClFN2O4. The number of carbonyl (C=O) groups excluding carboxylic acids is 1. The summed E-state index contributed by atoms with van der Waals surface area (Å²) in [5.41, 5.74) is 0.668. The van der Waals surface area contributed by atoms with Gasteiger partial charge in [-0.15, -0.1) is 12.4 Å². The van der Waals surface area contributed by atoms with Crippen molar-refractivity contribution in [2.75, 3.05) is 27.2 Å². The van der Waals surface area contributed by atoms with E-state index in [1.807, 2.05) is 4.90 Å². The Kier molecular flexibility index (Phi) is 7.63. The lowest BCUT2D eigenvalue weighted by molar-refractivity contribution is -0.142. The second kappa shape index (κ2) is 9.01.